The van der Waals surface area contributed by atoms with Gasteiger partial charge in [-0.2, -0.15) is 13.2 Å². The van der Waals surface area contributed by atoms with Gasteiger partial charge in [0.2, 0.25) is 0 Å². The quantitative estimate of drug-likeness (QED) is 0.579. The molecule has 0 aromatic carbocycles. The molecule has 0 heterocycles. The molecular formula is C18H29F3O4. The molecule has 0 aliphatic heterocycles. The van der Waals surface area contributed by atoms with E-state index in [0.717, 1.165) is 12.8 Å². The van der Waals surface area contributed by atoms with Crippen molar-refractivity contribution in [3.63, 3.8) is 0 Å². The molecule has 0 saturated heterocycles. The summed E-state index contributed by atoms with van der Waals surface area (Å²) in [5, 5.41) is 0. The zero-order chi connectivity index (χ0) is 19.1. The number of halogens is 3. The van der Waals surface area contributed by atoms with Crippen molar-refractivity contribution in [1.82, 2.24) is 0 Å². The fourth-order valence-corrected chi connectivity index (χ4v) is 3.32. The third kappa shape index (κ3) is 6.51. The van der Waals surface area contributed by atoms with Gasteiger partial charge in [0.05, 0.1) is 5.41 Å². The van der Waals surface area contributed by atoms with Crippen LogP contribution in [0.15, 0.2) is 0 Å². The van der Waals surface area contributed by atoms with Gasteiger partial charge in [0.25, 0.3) is 0 Å². The number of carbonyl (C=O) groups is 2. The molecule has 1 fully saturated rings. The Morgan fingerprint density at radius 1 is 1.12 bits per heavy atom. The summed E-state index contributed by atoms with van der Waals surface area (Å²) in [7, 11) is 0. The summed E-state index contributed by atoms with van der Waals surface area (Å²) in [5.41, 5.74) is -0.734. The molecule has 1 rings (SSSR count). The lowest BCUT2D eigenvalue weighted by atomic mass is 9.83. The number of hydrogen-bond acceptors (Lipinski definition) is 4. The molecule has 0 spiro atoms. The van der Waals surface area contributed by atoms with Crippen molar-refractivity contribution in [3.8, 4) is 0 Å². The standard InChI is InChI=1S/C18H29F3O4/c1-4-11-17(3,5-2)16(23)24-12-14(22)25-15(18(19,20)21)13-9-7-6-8-10-13/h13,15H,4-12H2,1-3H3. The Labute approximate surface area is 147 Å². The molecule has 2 unspecified atom stereocenters. The zero-order valence-electron chi connectivity index (χ0n) is 15.3. The van der Waals surface area contributed by atoms with Crippen LogP contribution in [0.25, 0.3) is 0 Å². The van der Waals surface area contributed by atoms with Gasteiger partial charge in [-0.05, 0) is 32.6 Å². The van der Waals surface area contributed by atoms with Crippen molar-refractivity contribution in [3.05, 3.63) is 0 Å². The summed E-state index contributed by atoms with van der Waals surface area (Å²) in [6.07, 6.45) is -1.75. The Hall–Kier alpha value is -1.27. The lowest BCUT2D eigenvalue weighted by Gasteiger charge is -2.31. The van der Waals surface area contributed by atoms with Crippen LogP contribution in [0.2, 0.25) is 0 Å². The van der Waals surface area contributed by atoms with Gasteiger partial charge >= 0.3 is 18.1 Å². The molecule has 0 radical (unpaired) electrons. The average molecular weight is 366 g/mol. The molecule has 0 amide bonds. The minimum Gasteiger partial charge on any atom is -0.453 e. The fraction of sp³-hybridized carbons (Fsp3) is 0.889. The van der Waals surface area contributed by atoms with Crippen LogP contribution in [0.3, 0.4) is 0 Å². The molecule has 25 heavy (non-hydrogen) atoms. The van der Waals surface area contributed by atoms with E-state index in [4.69, 9.17) is 4.74 Å². The van der Waals surface area contributed by atoms with Crippen LogP contribution < -0.4 is 0 Å². The first-order valence-electron chi connectivity index (χ1n) is 9.07. The highest BCUT2D eigenvalue weighted by Crippen LogP contribution is 2.36. The third-order valence-electron chi connectivity index (χ3n) is 5.06. The number of ether oxygens (including phenoxy) is 2. The fourth-order valence-electron chi connectivity index (χ4n) is 3.32. The van der Waals surface area contributed by atoms with Gasteiger partial charge in [0.1, 0.15) is 0 Å². The molecule has 7 heteroatoms. The average Bonchev–Trinajstić information content (AvgIpc) is 2.57. The number of hydrogen-bond donors (Lipinski definition) is 0. The van der Waals surface area contributed by atoms with Crippen LogP contribution in [0.1, 0.15) is 72.1 Å². The summed E-state index contributed by atoms with van der Waals surface area (Å²) < 4.78 is 49.3. The maximum absolute atomic E-state index is 13.2. The van der Waals surface area contributed by atoms with Crippen molar-refractivity contribution >= 4 is 11.9 Å². The highest BCUT2D eigenvalue weighted by atomic mass is 19.4. The Kier molecular flexibility index (Phi) is 8.22. The zero-order valence-corrected chi connectivity index (χ0v) is 15.3. The molecule has 1 aliphatic carbocycles. The highest BCUT2D eigenvalue weighted by Gasteiger charge is 2.48. The predicted octanol–water partition coefficient (Wildman–Crippen LogP) is 4.80. The Bertz CT molecular complexity index is 444. The van der Waals surface area contributed by atoms with Crippen molar-refractivity contribution in [1.29, 1.82) is 0 Å². The van der Waals surface area contributed by atoms with Gasteiger partial charge in [-0.25, -0.2) is 4.79 Å². The molecule has 1 saturated carbocycles. The second kappa shape index (κ2) is 9.43. The minimum absolute atomic E-state index is 0.391. The van der Waals surface area contributed by atoms with E-state index in [1.54, 1.807) is 6.92 Å². The van der Waals surface area contributed by atoms with Gasteiger partial charge < -0.3 is 9.47 Å². The first-order valence-corrected chi connectivity index (χ1v) is 9.07. The molecule has 146 valence electrons. The molecule has 2 atom stereocenters. The number of esters is 2. The van der Waals surface area contributed by atoms with E-state index in [9.17, 15) is 22.8 Å². The van der Waals surface area contributed by atoms with E-state index < -0.39 is 42.2 Å². The third-order valence-corrected chi connectivity index (χ3v) is 5.06. The summed E-state index contributed by atoms with van der Waals surface area (Å²) in [5.74, 6) is -2.43. The molecule has 1 aliphatic rings. The predicted molar refractivity (Wildman–Crippen MR) is 86.8 cm³/mol. The number of rotatable bonds is 8. The summed E-state index contributed by atoms with van der Waals surface area (Å²) in [6, 6.07) is 0. The van der Waals surface area contributed by atoms with Crippen molar-refractivity contribution in [2.75, 3.05) is 6.61 Å². The molecular weight excluding hydrogens is 337 g/mol. The topological polar surface area (TPSA) is 52.6 Å². The van der Waals surface area contributed by atoms with E-state index in [-0.39, 0.29) is 0 Å². The maximum Gasteiger partial charge on any atom is 0.425 e. The van der Waals surface area contributed by atoms with Crippen LogP contribution in [0, 0.1) is 11.3 Å². The highest BCUT2D eigenvalue weighted by molar-refractivity contribution is 5.80. The molecule has 0 aromatic rings. The van der Waals surface area contributed by atoms with Crippen LogP contribution in [-0.4, -0.2) is 30.8 Å². The van der Waals surface area contributed by atoms with E-state index in [2.05, 4.69) is 4.74 Å². The lowest BCUT2D eigenvalue weighted by molar-refractivity contribution is -0.238. The first kappa shape index (κ1) is 21.8. The molecule has 0 aromatic heterocycles. The van der Waals surface area contributed by atoms with Crippen LogP contribution in [-0.2, 0) is 19.1 Å². The van der Waals surface area contributed by atoms with Crippen LogP contribution in [0.4, 0.5) is 13.2 Å². The monoisotopic (exact) mass is 366 g/mol. The van der Waals surface area contributed by atoms with E-state index in [1.165, 1.54) is 0 Å². The molecule has 0 bridgehead atoms. The van der Waals surface area contributed by atoms with Gasteiger partial charge in [-0.3, -0.25) is 4.79 Å². The molecule has 4 nitrogen and oxygen atoms in total. The van der Waals surface area contributed by atoms with Gasteiger partial charge in [-0.1, -0.05) is 39.5 Å². The lowest BCUT2D eigenvalue weighted by Crippen LogP contribution is -2.42. The van der Waals surface area contributed by atoms with E-state index in [0.29, 0.717) is 38.5 Å². The summed E-state index contributed by atoms with van der Waals surface area (Å²) in [6.45, 7) is 4.70. The minimum atomic E-state index is -4.61. The smallest absolute Gasteiger partial charge is 0.425 e. The number of alkyl halides is 3. The Balaban J connectivity index is 2.61. The summed E-state index contributed by atoms with van der Waals surface area (Å²) in [4.78, 5) is 23.9. The van der Waals surface area contributed by atoms with Crippen molar-refractivity contribution in [2.24, 2.45) is 11.3 Å². The second-order valence-electron chi connectivity index (χ2n) is 7.09. The van der Waals surface area contributed by atoms with Crippen molar-refractivity contribution < 1.29 is 32.2 Å². The van der Waals surface area contributed by atoms with E-state index >= 15 is 0 Å². The Morgan fingerprint density at radius 2 is 1.72 bits per heavy atom. The van der Waals surface area contributed by atoms with Crippen molar-refractivity contribution in [2.45, 2.75) is 84.4 Å². The van der Waals surface area contributed by atoms with Crippen LogP contribution in [0.5, 0.6) is 0 Å². The van der Waals surface area contributed by atoms with Gasteiger partial charge in [0.15, 0.2) is 12.7 Å². The maximum atomic E-state index is 13.2. The Morgan fingerprint density at radius 3 is 2.20 bits per heavy atom. The molecule has 0 N–H and O–H groups in total. The normalized spacial score (nSPS) is 19.8. The summed E-state index contributed by atoms with van der Waals surface area (Å²) >= 11 is 0. The number of carbonyl (C=O) groups excluding carboxylic acids is 2. The second-order valence-corrected chi connectivity index (χ2v) is 7.09. The van der Waals surface area contributed by atoms with Gasteiger partial charge in [-0.15, -0.1) is 0 Å². The first-order chi connectivity index (χ1) is 11.6. The van der Waals surface area contributed by atoms with E-state index in [1.807, 2.05) is 13.8 Å². The van der Waals surface area contributed by atoms with Gasteiger partial charge in [0, 0.05) is 5.92 Å². The van der Waals surface area contributed by atoms with Crippen LogP contribution >= 0.6 is 0 Å². The SMILES string of the molecule is CCCC(C)(CC)C(=O)OCC(=O)OC(C1CCCCC1)C(F)(F)F. The largest absolute Gasteiger partial charge is 0.453 e.